The number of para-hydroxylation sites is 1. The number of hydrogen-bond donors (Lipinski definition) is 3. The maximum atomic E-state index is 14.7. The second-order valence-corrected chi connectivity index (χ2v) is 9.55. The van der Waals surface area contributed by atoms with E-state index >= 15 is 0 Å². The van der Waals surface area contributed by atoms with E-state index in [1.807, 2.05) is 0 Å². The summed E-state index contributed by atoms with van der Waals surface area (Å²) in [6, 6.07) is 13.2. The Labute approximate surface area is 204 Å². The minimum absolute atomic E-state index is 0.0917. The number of rotatable bonds is 4. The van der Waals surface area contributed by atoms with Crippen LogP contribution in [0.1, 0.15) is 18.0 Å². The van der Waals surface area contributed by atoms with Crippen LogP contribution >= 0.6 is 0 Å². The highest BCUT2D eigenvalue weighted by molar-refractivity contribution is 5.95. The Bertz CT molecular complexity index is 1090. The summed E-state index contributed by atoms with van der Waals surface area (Å²) < 4.78 is 25.7. The number of piperazine rings is 1. The van der Waals surface area contributed by atoms with Crippen LogP contribution in [0.15, 0.2) is 42.5 Å². The largest absolute Gasteiger partial charge is 0.494 e. The number of morpholine rings is 1. The number of carbonyl (C=O) groups is 1. The summed E-state index contributed by atoms with van der Waals surface area (Å²) >= 11 is 0. The van der Waals surface area contributed by atoms with Gasteiger partial charge in [0.1, 0.15) is 11.4 Å². The zero-order valence-electron chi connectivity index (χ0n) is 19.7. The van der Waals surface area contributed by atoms with Gasteiger partial charge in [0.2, 0.25) is 5.91 Å². The highest BCUT2D eigenvalue weighted by atomic mass is 19.1. The third-order valence-electron chi connectivity index (χ3n) is 7.59. The zero-order chi connectivity index (χ0) is 23.9. The van der Waals surface area contributed by atoms with E-state index in [4.69, 9.17) is 9.47 Å². The molecular weight excluding hydrogens is 451 g/mol. The van der Waals surface area contributed by atoms with Gasteiger partial charge in [-0.3, -0.25) is 15.1 Å². The molecule has 10 heteroatoms. The van der Waals surface area contributed by atoms with E-state index in [0.717, 1.165) is 45.0 Å². The van der Waals surface area contributed by atoms with Crippen molar-refractivity contribution in [1.29, 1.82) is 0 Å². The Hall–Kier alpha value is -2.76. The summed E-state index contributed by atoms with van der Waals surface area (Å²) in [6.45, 7) is 5.68. The van der Waals surface area contributed by atoms with E-state index in [1.54, 1.807) is 12.1 Å². The van der Waals surface area contributed by atoms with Crippen LogP contribution in [-0.4, -0.2) is 75.4 Å². The van der Waals surface area contributed by atoms with E-state index in [1.165, 1.54) is 23.9 Å². The quantitative estimate of drug-likeness (QED) is 0.600. The van der Waals surface area contributed by atoms with Crippen LogP contribution in [0.4, 0.5) is 15.8 Å². The number of hydrazine groups is 2. The molecule has 4 aliphatic rings. The Morgan fingerprint density at radius 3 is 2.77 bits per heavy atom. The van der Waals surface area contributed by atoms with E-state index in [0.29, 0.717) is 11.8 Å². The molecular formula is C25H31FN6O3. The van der Waals surface area contributed by atoms with Crippen molar-refractivity contribution in [3.63, 3.8) is 0 Å². The lowest BCUT2D eigenvalue weighted by Gasteiger charge is -2.44. The summed E-state index contributed by atoms with van der Waals surface area (Å²) in [5.74, 6) is -0.412. The van der Waals surface area contributed by atoms with Gasteiger partial charge in [0, 0.05) is 44.3 Å². The van der Waals surface area contributed by atoms with Crippen LogP contribution in [0.2, 0.25) is 0 Å². The molecule has 0 saturated carbocycles. The standard InChI is InChI=1S/C25H31FN6O3/c1-34-21-4-2-3-19(26)25(21)32-22(33)13-20-24(29-32)23(28-27-20)16-5-7-17(8-6-16)31-10-9-30-11-12-35-15-18(30)14-31/h2-8,18,20,23-24,27-29H,9-15H2,1H3/t18-,20?,23?,24?/m1/s1. The lowest BCUT2D eigenvalue weighted by Crippen LogP contribution is -2.60. The third kappa shape index (κ3) is 4.15. The summed E-state index contributed by atoms with van der Waals surface area (Å²) in [7, 11) is 1.47. The first kappa shape index (κ1) is 22.7. The van der Waals surface area contributed by atoms with Crippen molar-refractivity contribution in [2.24, 2.45) is 0 Å². The van der Waals surface area contributed by atoms with Crippen LogP contribution in [-0.2, 0) is 9.53 Å². The van der Waals surface area contributed by atoms with Gasteiger partial charge in [-0.2, -0.15) is 0 Å². The molecule has 0 spiro atoms. The molecule has 6 rings (SSSR count). The number of fused-ring (bicyclic) bond motifs is 2. The summed E-state index contributed by atoms with van der Waals surface area (Å²) in [4.78, 5) is 17.8. The number of carbonyl (C=O) groups excluding carboxylic acids is 1. The topological polar surface area (TPSA) is 81.3 Å². The normalized spacial score (nSPS) is 29.1. The number of ether oxygens (including phenoxy) is 2. The molecule has 4 atom stereocenters. The lowest BCUT2D eigenvalue weighted by molar-refractivity contribution is -0.121. The molecule has 0 bridgehead atoms. The highest BCUT2D eigenvalue weighted by Gasteiger charge is 2.45. The molecule has 0 radical (unpaired) electrons. The van der Waals surface area contributed by atoms with Crippen molar-refractivity contribution in [2.75, 3.05) is 56.4 Å². The van der Waals surface area contributed by atoms with Gasteiger partial charge < -0.3 is 14.4 Å². The van der Waals surface area contributed by atoms with Gasteiger partial charge in [0.05, 0.1) is 38.4 Å². The minimum atomic E-state index is -0.507. The second kappa shape index (κ2) is 9.36. The molecule has 0 aliphatic carbocycles. The van der Waals surface area contributed by atoms with E-state index in [-0.39, 0.29) is 36.1 Å². The van der Waals surface area contributed by atoms with Gasteiger partial charge in [0.25, 0.3) is 0 Å². The van der Waals surface area contributed by atoms with Crippen LogP contribution in [0.5, 0.6) is 5.75 Å². The molecule has 0 aromatic heterocycles. The molecule has 3 unspecified atom stereocenters. The first-order valence-corrected chi connectivity index (χ1v) is 12.2. The summed E-state index contributed by atoms with van der Waals surface area (Å²) in [5.41, 5.74) is 12.3. The monoisotopic (exact) mass is 482 g/mol. The smallest absolute Gasteiger partial charge is 0.243 e. The van der Waals surface area contributed by atoms with Crippen LogP contribution in [0.25, 0.3) is 0 Å². The summed E-state index contributed by atoms with van der Waals surface area (Å²) in [5, 5.41) is 1.30. The van der Waals surface area contributed by atoms with Crippen molar-refractivity contribution in [3.8, 4) is 5.75 Å². The van der Waals surface area contributed by atoms with Crippen molar-refractivity contribution in [3.05, 3.63) is 53.8 Å². The summed E-state index contributed by atoms with van der Waals surface area (Å²) in [6.07, 6.45) is 0.241. The van der Waals surface area contributed by atoms with Crippen molar-refractivity contribution < 1.29 is 18.7 Å². The molecule has 9 nitrogen and oxygen atoms in total. The number of methoxy groups -OCH3 is 1. The average Bonchev–Trinajstić information content (AvgIpc) is 3.30. The van der Waals surface area contributed by atoms with Crippen LogP contribution < -0.4 is 30.9 Å². The highest BCUT2D eigenvalue weighted by Crippen LogP contribution is 2.35. The second-order valence-electron chi connectivity index (χ2n) is 9.55. The molecule has 4 saturated heterocycles. The first-order chi connectivity index (χ1) is 17.1. The number of hydrogen-bond acceptors (Lipinski definition) is 8. The van der Waals surface area contributed by atoms with Gasteiger partial charge in [-0.1, -0.05) is 18.2 Å². The van der Waals surface area contributed by atoms with Gasteiger partial charge in [-0.15, -0.1) is 0 Å². The lowest BCUT2D eigenvalue weighted by atomic mass is 9.93. The van der Waals surface area contributed by atoms with E-state index in [9.17, 15) is 9.18 Å². The van der Waals surface area contributed by atoms with Gasteiger partial charge >= 0.3 is 0 Å². The van der Waals surface area contributed by atoms with Crippen LogP contribution in [0.3, 0.4) is 0 Å². The fourth-order valence-electron chi connectivity index (χ4n) is 5.68. The molecule has 4 heterocycles. The Morgan fingerprint density at radius 1 is 1.09 bits per heavy atom. The average molecular weight is 483 g/mol. The number of nitrogens with zero attached hydrogens (tertiary/aromatic N) is 3. The Morgan fingerprint density at radius 2 is 1.94 bits per heavy atom. The van der Waals surface area contributed by atoms with Crippen molar-refractivity contribution in [2.45, 2.75) is 30.6 Å². The Kier molecular flexibility index (Phi) is 6.07. The minimum Gasteiger partial charge on any atom is -0.494 e. The number of amides is 1. The zero-order valence-corrected chi connectivity index (χ0v) is 19.7. The predicted octanol–water partition coefficient (Wildman–Crippen LogP) is 1.18. The maximum Gasteiger partial charge on any atom is 0.243 e. The van der Waals surface area contributed by atoms with Crippen molar-refractivity contribution in [1.82, 2.24) is 21.2 Å². The predicted molar refractivity (Wildman–Crippen MR) is 130 cm³/mol. The van der Waals surface area contributed by atoms with Gasteiger partial charge in [-0.25, -0.2) is 20.3 Å². The van der Waals surface area contributed by atoms with Crippen LogP contribution in [0, 0.1) is 5.82 Å². The molecule has 2 aromatic rings. The number of benzene rings is 2. The molecule has 186 valence electrons. The number of anilines is 2. The van der Waals surface area contributed by atoms with E-state index in [2.05, 4.69) is 50.3 Å². The fourth-order valence-corrected chi connectivity index (χ4v) is 5.68. The molecule has 35 heavy (non-hydrogen) atoms. The Balaban J connectivity index is 1.19. The molecule has 4 fully saturated rings. The van der Waals surface area contributed by atoms with E-state index < -0.39 is 5.82 Å². The third-order valence-corrected chi connectivity index (χ3v) is 7.59. The fraction of sp³-hybridized carbons (Fsp3) is 0.480. The molecule has 4 aliphatic heterocycles. The van der Waals surface area contributed by atoms with Crippen molar-refractivity contribution >= 4 is 17.3 Å². The molecule has 2 aromatic carbocycles. The maximum absolute atomic E-state index is 14.7. The van der Waals surface area contributed by atoms with Gasteiger partial charge in [0.15, 0.2) is 5.82 Å². The molecule has 3 N–H and O–H groups in total. The van der Waals surface area contributed by atoms with Gasteiger partial charge in [-0.05, 0) is 29.8 Å². The number of nitrogens with one attached hydrogen (secondary N) is 3. The molecule has 1 amide bonds. The first-order valence-electron chi connectivity index (χ1n) is 12.2. The SMILES string of the molecule is COc1cccc(F)c1N1NC2C(CC1=O)NNC2c1ccc(N2CCN3CCOC[C@H]3C2)cc1. The number of halogens is 1.